The first-order valence-electron chi connectivity index (χ1n) is 7.29. The van der Waals surface area contributed by atoms with E-state index in [1.54, 1.807) is 18.4 Å². The van der Waals surface area contributed by atoms with E-state index in [4.69, 9.17) is 14.2 Å². The van der Waals surface area contributed by atoms with E-state index >= 15 is 0 Å². The lowest BCUT2D eigenvalue weighted by Gasteiger charge is -1.97. The van der Waals surface area contributed by atoms with E-state index in [0.717, 1.165) is 22.8 Å². The van der Waals surface area contributed by atoms with Crippen LogP contribution in [0.4, 0.5) is 0 Å². The van der Waals surface area contributed by atoms with Gasteiger partial charge in [0, 0.05) is 6.08 Å². The number of hydrogen-bond donors (Lipinski definition) is 0. The number of fused-ring (bicyclic) bond motifs is 2. The molecule has 0 radical (unpaired) electrons. The van der Waals surface area contributed by atoms with Crippen molar-refractivity contribution >= 4 is 33.7 Å². The molecular formula is C18H16INO3S. The first kappa shape index (κ1) is 17.0. The molecule has 0 N–H and O–H groups in total. The minimum atomic E-state index is 0. The van der Waals surface area contributed by atoms with E-state index in [1.165, 1.54) is 15.2 Å². The van der Waals surface area contributed by atoms with Gasteiger partial charge in [0.15, 0.2) is 11.5 Å². The Balaban J connectivity index is 0.00000169. The summed E-state index contributed by atoms with van der Waals surface area (Å²) in [6.07, 6.45) is 4.21. The topological polar surface area (TPSA) is 31.6 Å². The van der Waals surface area contributed by atoms with Crippen molar-refractivity contribution in [1.29, 1.82) is 0 Å². The Bertz CT molecular complexity index is 920. The zero-order valence-corrected chi connectivity index (χ0v) is 16.3. The van der Waals surface area contributed by atoms with Crippen molar-refractivity contribution in [3.05, 3.63) is 47.0 Å². The summed E-state index contributed by atoms with van der Waals surface area (Å²) in [5.41, 5.74) is 2.25. The molecule has 0 unspecified atom stereocenters. The predicted molar refractivity (Wildman–Crippen MR) is 91.0 cm³/mol. The molecule has 0 atom stereocenters. The van der Waals surface area contributed by atoms with E-state index in [0.29, 0.717) is 6.79 Å². The first-order chi connectivity index (χ1) is 11.2. The van der Waals surface area contributed by atoms with E-state index < -0.39 is 0 Å². The SMILES string of the molecule is COc1ccc2sc(C=Cc3ccc4c(c3)OCO4)[n+](C)c2c1.[I-]. The van der Waals surface area contributed by atoms with Gasteiger partial charge in [-0.3, -0.25) is 0 Å². The second-order valence-electron chi connectivity index (χ2n) is 5.28. The fourth-order valence-electron chi connectivity index (χ4n) is 2.60. The van der Waals surface area contributed by atoms with Crippen molar-refractivity contribution in [2.75, 3.05) is 13.9 Å². The highest BCUT2D eigenvalue weighted by molar-refractivity contribution is 7.18. The summed E-state index contributed by atoms with van der Waals surface area (Å²) in [5, 5.41) is 1.17. The number of methoxy groups -OCH3 is 1. The third-order valence-electron chi connectivity index (χ3n) is 3.89. The molecule has 2 heterocycles. The highest BCUT2D eigenvalue weighted by Gasteiger charge is 2.16. The van der Waals surface area contributed by atoms with Gasteiger partial charge in [0.1, 0.15) is 17.5 Å². The monoisotopic (exact) mass is 453 g/mol. The van der Waals surface area contributed by atoms with E-state index in [2.05, 4.69) is 35.9 Å². The average Bonchev–Trinajstić information content (AvgIpc) is 3.17. The van der Waals surface area contributed by atoms with Gasteiger partial charge >= 0.3 is 0 Å². The van der Waals surface area contributed by atoms with Crippen LogP contribution in [0.3, 0.4) is 0 Å². The lowest BCUT2D eigenvalue weighted by molar-refractivity contribution is -0.642. The Morgan fingerprint density at radius 3 is 2.75 bits per heavy atom. The maximum absolute atomic E-state index is 5.42. The summed E-state index contributed by atoms with van der Waals surface area (Å²) >= 11 is 1.75. The third kappa shape index (κ3) is 3.08. The van der Waals surface area contributed by atoms with Gasteiger partial charge in [-0.05, 0) is 35.9 Å². The quantitative estimate of drug-likeness (QED) is 0.431. The van der Waals surface area contributed by atoms with Gasteiger partial charge in [-0.1, -0.05) is 17.4 Å². The number of rotatable bonds is 3. The van der Waals surface area contributed by atoms with Crippen molar-refractivity contribution in [1.82, 2.24) is 0 Å². The van der Waals surface area contributed by atoms with Crippen LogP contribution in [0.25, 0.3) is 22.4 Å². The molecule has 3 aromatic rings. The number of ether oxygens (including phenoxy) is 3. The molecule has 2 aromatic carbocycles. The van der Waals surface area contributed by atoms with Gasteiger partial charge in [-0.25, -0.2) is 0 Å². The maximum Gasteiger partial charge on any atom is 0.262 e. The standard InChI is InChI=1S/C18H16NO3S.HI/c1-19-14-10-13(20-2)5-7-17(14)23-18(19)8-4-12-3-6-15-16(9-12)22-11-21-15;/h3-10H,11H2,1-2H3;1H/q+1;/p-1. The lowest BCUT2D eigenvalue weighted by atomic mass is 10.2. The molecule has 0 fully saturated rings. The zero-order valence-electron chi connectivity index (χ0n) is 13.3. The van der Waals surface area contributed by atoms with Crippen LogP contribution < -0.4 is 42.8 Å². The number of halogens is 1. The molecule has 1 aromatic heterocycles. The predicted octanol–water partition coefficient (Wildman–Crippen LogP) is 0.637. The first-order valence-corrected chi connectivity index (χ1v) is 8.10. The maximum atomic E-state index is 5.42. The van der Waals surface area contributed by atoms with Crippen LogP contribution in [0, 0.1) is 0 Å². The lowest BCUT2D eigenvalue weighted by Crippen LogP contribution is -3.00. The van der Waals surface area contributed by atoms with Gasteiger partial charge in [0.05, 0.1) is 13.2 Å². The number of thiazole rings is 1. The second-order valence-corrected chi connectivity index (χ2v) is 6.34. The Kier molecular flexibility index (Phi) is 4.96. The number of aryl methyl sites for hydroxylation is 1. The van der Waals surface area contributed by atoms with Gasteiger partial charge in [-0.15, -0.1) is 0 Å². The van der Waals surface area contributed by atoms with Crippen LogP contribution >= 0.6 is 11.3 Å². The summed E-state index contributed by atoms with van der Waals surface area (Å²) in [5.74, 6) is 2.48. The van der Waals surface area contributed by atoms with Crippen molar-refractivity contribution in [3.8, 4) is 17.2 Å². The second kappa shape index (κ2) is 6.98. The largest absolute Gasteiger partial charge is 1.00 e. The van der Waals surface area contributed by atoms with Crippen LogP contribution in [-0.4, -0.2) is 13.9 Å². The number of nitrogens with zero attached hydrogens (tertiary/aromatic N) is 1. The van der Waals surface area contributed by atoms with Crippen molar-refractivity contribution < 1.29 is 42.8 Å². The minimum absolute atomic E-state index is 0. The highest BCUT2D eigenvalue weighted by atomic mass is 127. The van der Waals surface area contributed by atoms with Crippen LogP contribution in [-0.2, 0) is 7.05 Å². The van der Waals surface area contributed by atoms with E-state index in [1.807, 2.05) is 24.3 Å². The summed E-state index contributed by atoms with van der Waals surface area (Å²) in [4.78, 5) is 0. The van der Waals surface area contributed by atoms with E-state index in [9.17, 15) is 0 Å². The molecule has 1 aliphatic heterocycles. The van der Waals surface area contributed by atoms with Crippen molar-refractivity contribution in [2.24, 2.45) is 7.05 Å². The molecule has 0 spiro atoms. The summed E-state index contributed by atoms with van der Waals surface area (Å²) in [6, 6.07) is 12.1. The van der Waals surface area contributed by atoms with E-state index in [-0.39, 0.29) is 24.0 Å². The Hall–Kier alpha value is -1.80. The van der Waals surface area contributed by atoms with Crippen molar-refractivity contribution in [3.63, 3.8) is 0 Å². The fourth-order valence-corrected chi connectivity index (χ4v) is 3.64. The van der Waals surface area contributed by atoms with Crippen molar-refractivity contribution in [2.45, 2.75) is 0 Å². The molecule has 0 saturated carbocycles. The summed E-state index contributed by atoms with van der Waals surface area (Å²) < 4.78 is 19.5. The molecular weight excluding hydrogens is 437 g/mol. The minimum Gasteiger partial charge on any atom is -1.00 e. The van der Waals surface area contributed by atoms with Gasteiger partial charge in [0.2, 0.25) is 12.3 Å². The molecule has 0 amide bonds. The molecule has 24 heavy (non-hydrogen) atoms. The van der Waals surface area contributed by atoms with Crippen LogP contribution in [0.15, 0.2) is 36.4 Å². The highest BCUT2D eigenvalue weighted by Crippen LogP contribution is 2.33. The van der Waals surface area contributed by atoms with Gasteiger partial charge in [0.25, 0.3) is 5.01 Å². The average molecular weight is 453 g/mol. The molecule has 4 nitrogen and oxygen atoms in total. The third-order valence-corrected chi connectivity index (χ3v) is 5.07. The fraction of sp³-hybridized carbons (Fsp3) is 0.167. The number of aromatic nitrogens is 1. The molecule has 4 rings (SSSR count). The molecule has 1 aliphatic rings. The molecule has 6 heteroatoms. The molecule has 0 aliphatic carbocycles. The van der Waals surface area contributed by atoms with Gasteiger partial charge in [-0.2, -0.15) is 4.57 Å². The summed E-state index contributed by atoms with van der Waals surface area (Å²) in [7, 11) is 3.76. The van der Waals surface area contributed by atoms with Crippen LogP contribution in [0.2, 0.25) is 0 Å². The summed E-state index contributed by atoms with van der Waals surface area (Å²) in [6.45, 7) is 0.301. The smallest absolute Gasteiger partial charge is 0.262 e. The normalized spacial score (nSPS) is 12.6. The Morgan fingerprint density at radius 2 is 1.92 bits per heavy atom. The molecule has 0 bridgehead atoms. The molecule has 124 valence electrons. The number of benzene rings is 2. The van der Waals surface area contributed by atoms with Crippen LogP contribution in [0.5, 0.6) is 17.2 Å². The Labute approximate surface area is 161 Å². The zero-order chi connectivity index (χ0) is 15.8. The number of hydrogen-bond acceptors (Lipinski definition) is 4. The molecule has 0 saturated heterocycles. The van der Waals surface area contributed by atoms with Crippen LogP contribution in [0.1, 0.15) is 10.6 Å². The van der Waals surface area contributed by atoms with Gasteiger partial charge < -0.3 is 38.2 Å². The Morgan fingerprint density at radius 1 is 1.08 bits per heavy atom.